The van der Waals surface area contributed by atoms with Gasteiger partial charge in [0.1, 0.15) is 0 Å². The van der Waals surface area contributed by atoms with Crippen LogP contribution >= 0.6 is 0 Å². The molecule has 1 aromatic carbocycles. The lowest BCUT2D eigenvalue weighted by atomic mass is 10.1. The Kier molecular flexibility index (Phi) is 6.80. The molecular formula is C18H28N2O3S. The number of carbonyl (C=O) groups is 1. The Hall–Kier alpha value is -1.40. The van der Waals surface area contributed by atoms with Gasteiger partial charge in [0.2, 0.25) is 10.0 Å². The van der Waals surface area contributed by atoms with Crippen molar-refractivity contribution in [3.05, 3.63) is 29.8 Å². The molecule has 1 saturated carbocycles. The van der Waals surface area contributed by atoms with Crippen LogP contribution in [0.2, 0.25) is 0 Å². The minimum atomic E-state index is -3.47. The monoisotopic (exact) mass is 352 g/mol. The molecule has 1 N–H and O–H groups in total. The summed E-state index contributed by atoms with van der Waals surface area (Å²) >= 11 is 0. The quantitative estimate of drug-likeness (QED) is 0.800. The highest BCUT2D eigenvalue weighted by atomic mass is 32.2. The van der Waals surface area contributed by atoms with Gasteiger partial charge < -0.3 is 5.32 Å². The number of benzene rings is 1. The fourth-order valence-corrected chi connectivity index (χ4v) is 4.64. The standard InChI is InChI=1S/C18H28N2O3S/c1-3-20(4-2)24(22,23)17-13-11-15(12-14-17)18(21)19-16-9-7-5-6-8-10-16/h11-14,16H,3-10H2,1-2H3,(H,19,21). The molecule has 24 heavy (non-hydrogen) atoms. The van der Waals surface area contributed by atoms with Crippen molar-refractivity contribution >= 4 is 15.9 Å². The number of rotatable bonds is 6. The summed E-state index contributed by atoms with van der Waals surface area (Å²) in [5, 5.41) is 3.08. The molecule has 0 atom stereocenters. The zero-order valence-corrected chi connectivity index (χ0v) is 15.4. The molecule has 6 heteroatoms. The van der Waals surface area contributed by atoms with Gasteiger partial charge in [-0.15, -0.1) is 0 Å². The van der Waals surface area contributed by atoms with Gasteiger partial charge >= 0.3 is 0 Å². The van der Waals surface area contributed by atoms with E-state index in [0.29, 0.717) is 18.7 Å². The lowest BCUT2D eigenvalue weighted by molar-refractivity contribution is 0.0933. The van der Waals surface area contributed by atoms with Crippen LogP contribution in [0.1, 0.15) is 62.7 Å². The molecule has 1 aliphatic carbocycles. The summed E-state index contributed by atoms with van der Waals surface area (Å²) in [4.78, 5) is 12.6. The average Bonchev–Trinajstić information content (AvgIpc) is 2.84. The molecule has 5 nitrogen and oxygen atoms in total. The normalized spacial score (nSPS) is 16.8. The van der Waals surface area contributed by atoms with E-state index in [-0.39, 0.29) is 16.8 Å². The summed E-state index contributed by atoms with van der Waals surface area (Å²) in [7, 11) is -3.47. The SMILES string of the molecule is CCN(CC)S(=O)(=O)c1ccc(C(=O)NC2CCCCCC2)cc1. The molecule has 1 fully saturated rings. The van der Waals surface area contributed by atoms with Gasteiger partial charge in [0.15, 0.2) is 0 Å². The molecule has 0 aliphatic heterocycles. The molecule has 2 rings (SSSR count). The fourth-order valence-electron chi connectivity index (χ4n) is 3.18. The van der Waals surface area contributed by atoms with Crippen LogP contribution in [0, 0.1) is 0 Å². The lowest BCUT2D eigenvalue weighted by Crippen LogP contribution is -2.34. The van der Waals surface area contributed by atoms with E-state index in [1.54, 1.807) is 12.1 Å². The molecule has 1 aliphatic rings. The molecule has 0 heterocycles. The molecular weight excluding hydrogens is 324 g/mol. The molecule has 1 aromatic rings. The topological polar surface area (TPSA) is 66.5 Å². The van der Waals surface area contributed by atoms with Crippen LogP contribution in [0.15, 0.2) is 29.2 Å². The van der Waals surface area contributed by atoms with Crippen molar-refractivity contribution in [2.45, 2.75) is 63.3 Å². The summed E-state index contributed by atoms with van der Waals surface area (Å²) < 4.78 is 26.3. The number of hydrogen-bond donors (Lipinski definition) is 1. The second-order valence-corrected chi connectivity index (χ2v) is 8.21. The van der Waals surface area contributed by atoms with Gasteiger partial charge in [-0.2, -0.15) is 4.31 Å². The van der Waals surface area contributed by atoms with Gasteiger partial charge in [-0.05, 0) is 37.1 Å². The van der Waals surface area contributed by atoms with Crippen molar-refractivity contribution in [1.82, 2.24) is 9.62 Å². The Bertz CT molecular complexity index is 629. The van der Waals surface area contributed by atoms with Crippen molar-refractivity contribution in [2.75, 3.05) is 13.1 Å². The first kappa shape index (κ1) is 18.9. The third-order valence-electron chi connectivity index (χ3n) is 4.65. The Morgan fingerprint density at radius 3 is 2.08 bits per heavy atom. The minimum absolute atomic E-state index is 0.117. The first-order valence-electron chi connectivity index (χ1n) is 8.90. The molecule has 0 saturated heterocycles. The van der Waals surface area contributed by atoms with Crippen molar-refractivity contribution in [3.8, 4) is 0 Å². The van der Waals surface area contributed by atoms with Gasteiger partial charge in [0.25, 0.3) is 5.91 Å². The van der Waals surface area contributed by atoms with Gasteiger partial charge in [0.05, 0.1) is 4.90 Å². The lowest BCUT2D eigenvalue weighted by Gasteiger charge is -2.19. The van der Waals surface area contributed by atoms with Crippen LogP contribution in [-0.2, 0) is 10.0 Å². The second-order valence-electron chi connectivity index (χ2n) is 6.28. The van der Waals surface area contributed by atoms with Gasteiger partial charge in [-0.1, -0.05) is 39.5 Å². The number of amides is 1. The highest BCUT2D eigenvalue weighted by Crippen LogP contribution is 2.19. The third-order valence-corrected chi connectivity index (χ3v) is 6.71. The van der Waals surface area contributed by atoms with E-state index in [0.717, 1.165) is 25.7 Å². The van der Waals surface area contributed by atoms with E-state index in [1.165, 1.54) is 29.3 Å². The van der Waals surface area contributed by atoms with Crippen molar-refractivity contribution in [3.63, 3.8) is 0 Å². The number of hydrogen-bond acceptors (Lipinski definition) is 3. The van der Waals surface area contributed by atoms with Crippen LogP contribution in [0.25, 0.3) is 0 Å². The largest absolute Gasteiger partial charge is 0.349 e. The van der Waals surface area contributed by atoms with Crippen molar-refractivity contribution in [2.24, 2.45) is 0 Å². The van der Waals surface area contributed by atoms with Gasteiger partial charge in [0, 0.05) is 24.7 Å². The Balaban J connectivity index is 2.07. The fraction of sp³-hybridized carbons (Fsp3) is 0.611. The van der Waals surface area contributed by atoms with E-state index in [4.69, 9.17) is 0 Å². The summed E-state index contributed by atoms with van der Waals surface area (Å²) in [5.41, 5.74) is 0.512. The van der Waals surface area contributed by atoms with Crippen LogP contribution in [0.4, 0.5) is 0 Å². The number of carbonyl (C=O) groups excluding carboxylic acids is 1. The maximum atomic E-state index is 12.5. The van der Waals surface area contributed by atoms with Gasteiger partial charge in [-0.3, -0.25) is 4.79 Å². The van der Waals surface area contributed by atoms with E-state index in [2.05, 4.69) is 5.32 Å². The number of nitrogens with one attached hydrogen (secondary N) is 1. The number of sulfonamides is 1. The summed E-state index contributed by atoms with van der Waals surface area (Å²) in [6.07, 6.45) is 6.85. The van der Waals surface area contributed by atoms with Crippen LogP contribution in [-0.4, -0.2) is 37.8 Å². The highest BCUT2D eigenvalue weighted by Gasteiger charge is 2.22. The smallest absolute Gasteiger partial charge is 0.251 e. The number of nitrogens with zero attached hydrogens (tertiary/aromatic N) is 1. The third kappa shape index (κ3) is 4.57. The van der Waals surface area contributed by atoms with E-state index in [9.17, 15) is 13.2 Å². The predicted molar refractivity (Wildman–Crippen MR) is 95.5 cm³/mol. The van der Waals surface area contributed by atoms with Crippen molar-refractivity contribution < 1.29 is 13.2 Å². The van der Waals surface area contributed by atoms with E-state index in [1.807, 2.05) is 13.8 Å². The minimum Gasteiger partial charge on any atom is -0.349 e. The van der Waals surface area contributed by atoms with Crippen LogP contribution in [0.5, 0.6) is 0 Å². The first-order valence-corrected chi connectivity index (χ1v) is 10.3. The second kappa shape index (κ2) is 8.62. The molecule has 0 spiro atoms. The van der Waals surface area contributed by atoms with Crippen molar-refractivity contribution in [1.29, 1.82) is 0 Å². The maximum Gasteiger partial charge on any atom is 0.251 e. The molecule has 0 radical (unpaired) electrons. The summed E-state index contributed by atoms with van der Waals surface area (Å²) in [6, 6.07) is 6.48. The van der Waals surface area contributed by atoms with E-state index < -0.39 is 10.0 Å². The Morgan fingerprint density at radius 1 is 1.04 bits per heavy atom. The first-order chi connectivity index (χ1) is 11.5. The van der Waals surface area contributed by atoms with Crippen LogP contribution in [0.3, 0.4) is 0 Å². The Morgan fingerprint density at radius 2 is 1.58 bits per heavy atom. The van der Waals surface area contributed by atoms with Gasteiger partial charge in [-0.25, -0.2) is 8.42 Å². The maximum absolute atomic E-state index is 12.5. The molecule has 0 bridgehead atoms. The molecule has 134 valence electrons. The Labute approximate surface area is 145 Å². The summed E-state index contributed by atoms with van der Waals surface area (Å²) in [5.74, 6) is -0.117. The molecule has 1 amide bonds. The molecule has 0 aromatic heterocycles. The average molecular weight is 353 g/mol. The highest BCUT2D eigenvalue weighted by molar-refractivity contribution is 7.89. The predicted octanol–water partition coefficient (Wildman–Crippen LogP) is 3.17. The zero-order valence-electron chi connectivity index (χ0n) is 14.6. The molecule has 0 unspecified atom stereocenters. The summed E-state index contributed by atoms with van der Waals surface area (Å²) in [6.45, 7) is 4.50. The zero-order chi connectivity index (χ0) is 17.6. The van der Waals surface area contributed by atoms with Crippen LogP contribution < -0.4 is 5.32 Å². The van der Waals surface area contributed by atoms with E-state index >= 15 is 0 Å².